The van der Waals surface area contributed by atoms with E-state index in [1.807, 2.05) is 10.5 Å². The molecule has 1 aromatic heterocycles. The highest BCUT2D eigenvalue weighted by molar-refractivity contribution is 7.57. The molecule has 0 spiro atoms. The quantitative estimate of drug-likeness (QED) is 0.799. The molecule has 5 nitrogen and oxygen atoms in total. The van der Waals surface area contributed by atoms with E-state index in [1.165, 1.54) is 12.8 Å². The van der Waals surface area contributed by atoms with E-state index in [9.17, 15) is 4.57 Å². The molecule has 1 aromatic rings. The Labute approximate surface area is 115 Å². The monoisotopic (exact) mass is 282 g/mol. The van der Waals surface area contributed by atoms with Crippen molar-refractivity contribution in [2.45, 2.75) is 38.5 Å². The summed E-state index contributed by atoms with van der Waals surface area (Å²) in [5.41, 5.74) is 0. The average Bonchev–Trinajstić information content (AvgIpc) is 3.03. The summed E-state index contributed by atoms with van der Waals surface area (Å²) in [7, 11) is -2.65. The van der Waals surface area contributed by atoms with E-state index in [-0.39, 0.29) is 0 Å². The van der Waals surface area contributed by atoms with Gasteiger partial charge in [-0.25, -0.2) is 14.3 Å². The molecular formula is C13H23N4OP. The standard InChI is InChI=1S/C13H23N4OP/c18-19(17-12-7-14-13-17,15-8-3-1-4-9-15)16-10-5-2-6-11-16/h7,12-13H,1-6,8-11H2. The Hall–Kier alpha value is -0.640. The highest BCUT2D eigenvalue weighted by Gasteiger charge is 2.39. The SMILES string of the molecule is O=P(N1CCCCC1)(N1CCCCC1)n1ccnc1. The second-order valence-electron chi connectivity index (χ2n) is 5.48. The Morgan fingerprint density at radius 3 is 1.79 bits per heavy atom. The summed E-state index contributed by atoms with van der Waals surface area (Å²) in [5, 5.41) is 0. The van der Waals surface area contributed by atoms with Crippen molar-refractivity contribution in [2.75, 3.05) is 26.2 Å². The lowest BCUT2D eigenvalue weighted by Crippen LogP contribution is -2.39. The highest BCUT2D eigenvalue weighted by Crippen LogP contribution is 2.55. The number of piperidine rings is 2. The molecule has 0 radical (unpaired) electrons. The maximum absolute atomic E-state index is 13.8. The zero-order chi connectivity index (χ0) is 13.1. The van der Waals surface area contributed by atoms with Crippen molar-refractivity contribution < 1.29 is 4.57 Å². The van der Waals surface area contributed by atoms with Gasteiger partial charge in [0, 0.05) is 38.6 Å². The summed E-state index contributed by atoms with van der Waals surface area (Å²) in [6.45, 7) is 3.80. The second-order valence-corrected chi connectivity index (χ2v) is 8.10. The Bertz CT molecular complexity index is 414. The minimum absolute atomic E-state index is 0.950. The molecule has 2 saturated heterocycles. The maximum atomic E-state index is 13.8. The van der Waals surface area contributed by atoms with Crippen LogP contribution >= 0.6 is 7.59 Å². The zero-order valence-electron chi connectivity index (χ0n) is 11.4. The largest absolute Gasteiger partial charge is 0.315 e. The summed E-state index contributed by atoms with van der Waals surface area (Å²) >= 11 is 0. The van der Waals surface area contributed by atoms with Crippen molar-refractivity contribution >= 4 is 7.59 Å². The highest BCUT2D eigenvalue weighted by atomic mass is 31.2. The fourth-order valence-corrected chi connectivity index (χ4v) is 6.13. The first-order valence-corrected chi connectivity index (χ1v) is 8.98. The predicted molar refractivity (Wildman–Crippen MR) is 76.1 cm³/mol. The fraction of sp³-hybridized carbons (Fsp3) is 0.769. The van der Waals surface area contributed by atoms with Crippen LogP contribution in [-0.4, -0.2) is 44.8 Å². The van der Waals surface area contributed by atoms with Gasteiger partial charge in [-0.1, -0.05) is 12.8 Å². The molecule has 0 atom stereocenters. The van der Waals surface area contributed by atoms with Gasteiger partial charge >= 0.3 is 7.59 Å². The number of nitrogens with zero attached hydrogens (tertiary/aromatic N) is 4. The van der Waals surface area contributed by atoms with Gasteiger partial charge in [-0.2, -0.15) is 0 Å². The van der Waals surface area contributed by atoms with Crippen molar-refractivity contribution in [3.63, 3.8) is 0 Å². The van der Waals surface area contributed by atoms with Gasteiger partial charge in [-0.05, 0) is 25.7 Å². The molecule has 0 saturated carbocycles. The van der Waals surface area contributed by atoms with Gasteiger partial charge in [0.05, 0.1) is 0 Å². The third kappa shape index (κ3) is 2.51. The molecule has 0 aromatic carbocycles. The van der Waals surface area contributed by atoms with Crippen LogP contribution < -0.4 is 0 Å². The average molecular weight is 282 g/mol. The van der Waals surface area contributed by atoms with Gasteiger partial charge in [0.2, 0.25) is 0 Å². The molecule has 106 valence electrons. The molecule has 0 amide bonds. The number of hydrogen-bond acceptors (Lipinski definition) is 2. The summed E-state index contributed by atoms with van der Waals surface area (Å²) in [5.74, 6) is 0. The molecule has 0 N–H and O–H groups in total. The van der Waals surface area contributed by atoms with Crippen molar-refractivity contribution in [2.24, 2.45) is 0 Å². The number of rotatable bonds is 3. The molecule has 6 heteroatoms. The van der Waals surface area contributed by atoms with Crippen LogP contribution in [0.15, 0.2) is 18.7 Å². The van der Waals surface area contributed by atoms with Crippen molar-refractivity contribution in [1.82, 2.24) is 18.7 Å². The molecule has 0 bridgehead atoms. The molecule has 3 rings (SSSR count). The first kappa shape index (κ1) is 13.3. The van der Waals surface area contributed by atoms with Gasteiger partial charge in [-0.3, -0.25) is 8.90 Å². The molecular weight excluding hydrogens is 259 g/mol. The third-order valence-corrected chi connectivity index (χ3v) is 7.31. The minimum Gasteiger partial charge on any atom is -0.263 e. The first-order chi connectivity index (χ1) is 9.32. The van der Waals surface area contributed by atoms with Crippen LogP contribution in [0, 0.1) is 0 Å². The Morgan fingerprint density at radius 2 is 1.37 bits per heavy atom. The van der Waals surface area contributed by atoms with Crippen molar-refractivity contribution in [3.8, 4) is 0 Å². The lowest BCUT2D eigenvalue weighted by Gasteiger charge is -2.42. The summed E-state index contributed by atoms with van der Waals surface area (Å²) in [6.07, 6.45) is 12.5. The normalized spacial score (nSPS) is 23.6. The van der Waals surface area contributed by atoms with Gasteiger partial charge in [0.25, 0.3) is 0 Å². The van der Waals surface area contributed by atoms with E-state index in [0.29, 0.717) is 0 Å². The Kier molecular flexibility index (Phi) is 4.06. The number of imidazole rings is 1. The van der Waals surface area contributed by atoms with Gasteiger partial charge in [-0.15, -0.1) is 0 Å². The molecule has 3 heterocycles. The Balaban J connectivity index is 1.92. The van der Waals surface area contributed by atoms with E-state index < -0.39 is 7.59 Å². The topological polar surface area (TPSA) is 41.4 Å². The molecule has 2 aliphatic rings. The second kappa shape index (κ2) is 5.78. The van der Waals surface area contributed by atoms with Gasteiger partial charge in [0.1, 0.15) is 6.33 Å². The van der Waals surface area contributed by atoms with Crippen LogP contribution in [0.1, 0.15) is 38.5 Å². The van der Waals surface area contributed by atoms with Crippen LogP contribution in [0.5, 0.6) is 0 Å². The van der Waals surface area contributed by atoms with E-state index in [4.69, 9.17) is 0 Å². The summed E-state index contributed by atoms with van der Waals surface area (Å²) in [4.78, 5) is 4.12. The summed E-state index contributed by atoms with van der Waals surface area (Å²) in [6, 6.07) is 0. The van der Waals surface area contributed by atoms with E-state index in [1.54, 1.807) is 12.5 Å². The van der Waals surface area contributed by atoms with Crippen LogP contribution in [0.25, 0.3) is 0 Å². The van der Waals surface area contributed by atoms with Crippen LogP contribution in [0.4, 0.5) is 0 Å². The van der Waals surface area contributed by atoms with Crippen LogP contribution in [-0.2, 0) is 4.57 Å². The zero-order valence-corrected chi connectivity index (χ0v) is 12.3. The smallest absolute Gasteiger partial charge is 0.263 e. The fourth-order valence-electron chi connectivity index (χ4n) is 3.15. The van der Waals surface area contributed by atoms with E-state index in [2.05, 4.69) is 14.3 Å². The number of aromatic nitrogens is 2. The lowest BCUT2D eigenvalue weighted by atomic mass is 10.2. The number of hydrogen-bond donors (Lipinski definition) is 0. The molecule has 0 aliphatic carbocycles. The van der Waals surface area contributed by atoms with E-state index >= 15 is 0 Å². The lowest BCUT2D eigenvalue weighted by molar-refractivity contribution is 0.270. The third-order valence-electron chi connectivity index (χ3n) is 4.19. The Morgan fingerprint density at radius 1 is 0.842 bits per heavy atom. The minimum atomic E-state index is -2.65. The van der Waals surface area contributed by atoms with E-state index in [0.717, 1.165) is 51.9 Å². The molecule has 0 unspecified atom stereocenters. The first-order valence-electron chi connectivity index (χ1n) is 7.41. The summed E-state index contributed by atoms with van der Waals surface area (Å²) < 4.78 is 20.0. The van der Waals surface area contributed by atoms with Crippen LogP contribution in [0.3, 0.4) is 0 Å². The van der Waals surface area contributed by atoms with Gasteiger partial charge in [0.15, 0.2) is 0 Å². The maximum Gasteiger partial charge on any atom is 0.315 e. The van der Waals surface area contributed by atoms with Gasteiger partial charge < -0.3 is 0 Å². The van der Waals surface area contributed by atoms with Crippen LogP contribution in [0.2, 0.25) is 0 Å². The van der Waals surface area contributed by atoms with Crippen molar-refractivity contribution in [1.29, 1.82) is 0 Å². The molecule has 19 heavy (non-hydrogen) atoms. The van der Waals surface area contributed by atoms with Crippen molar-refractivity contribution in [3.05, 3.63) is 18.7 Å². The molecule has 2 fully saturated rings. The molecule has 2 aliphatic heterocycles. The predicted octanol–water partition coefficient (Wildman–Crippen LogP) is 2.81.